The zero-order chi connectivity index (χ0) is 12.3. The monoisotopic (exact) mass is 343 g/mol. The molecule has 1 unspecified atom stereocenters. The van der Waals surface area contributed by atoms with Crippen LogP contribution in [0.25, 0.3) is 0 Å². The van der Waals surface area contributed by atoms with Crippen LogP contribution in [0.1, 0.15) is 30.6 Å². The first-order valence-electron chi connectivity index (χ1n) is 4.75. The van der Waals surface area contributed by atoms with Gasteiger partial charge in [0, 0.05) is 10.9 Å². The molecule has 0 fully saturated rings. The summed E-state index contributed by atoms with van der Waals surface area (Å²) >= 11 is 16.3. The first-order valence-corrected chi connectivity index (χ1v) is 7.44. The highest BCUT2D eigenvalue weighted by Crippen LogP contribution is 2.31. The van der Waals surface area contributed by atoms with Crippen molar-refractivity contribution in [2.45, 2.75) is 25.8 Å². The highest BCUT2D eigenvalue weighted by Gasteiger charge is 2.25. The molecule has 16 heavy (non-hydrogen) atoms. The van der Waals surface area contributed by atoms with Crippen molar-refractivity contribution in [3.8, 4) is 0 Å². The summed E-state index contributed by atoms with van der Waals surface area (Å²) in [4.78, 5) is 11.9. The van der Waals surface area contributed by atoms with E-state index in [2.05, 4.69) is 21.2 Å². The molecule has 2 nitrogen and oxygen atoms in total. The summed E-state index contributed by atoms with van der Waals surface area (Å²) in [5.74, 6) is -0.183. The highest BCUT2D eigenvalue weighted by molar-refractivity contribution is 9.09. The lowest BCUT2D eigenvalue weighted by Gasteiger charge is -2.27. The second-order valence-electron chi connectivity index (χ2n) is 3.74. The first kappa shape index (κ1) is 14.3. The number of halogens is 3. The molecule has 0 spiro atoms. The lowest BCUT2D eigenvalue weighted by molar-refractivity contribution is 0.0914. The van der Waals surface area contributed by atoms with E-state index in [1.165, 1.54) is 11.3 Å². The molecule has 0 saturated heterocycles. The maximum absolute atomic E-state index is 11.9. The maximum Gasteiger partial charge on any atom is 0.254 e. The van der Waals surface area contributed by atoms with Crippen LogP contribution in [-0.4, -0.2) is 16.8 Å². The Hall–Kier alpha value is 0.230. The van der Waals surface area contributed by atoms with Gasteiger partial charge in [0.25, 0.3) is 5.91 Å². The van der Waals surface area contributed by atoms with Gasteiger partial charge in [0.2, 0.25) is 0 Å². The van der Waals surface area contributed by atoms with E-state index in [-0.39, 0.29) is 11.4 Å². The zero-order valence-corrected chi connectivity index (χ0v) is 12.9. The number of hydrogen-bond donors (Lipinski definition) is 1. The number of rotatable bonds is 4. The minimum absolute atomic E-state index is 0.183. The van der Waals surface area contributed by atoms with Crippen LogP contribution in [0.15, 0.2) is 6.07 Å². The fourth-order valence-corrected chi connectivity index (χ4v) is 3.05. The Morgan fingerprint density at radius 1 is 1.62 bits per heavy atom. The van der Waals surface area contributed by atoms with Crippen LogP contribution in [-0.2, 0) is 0 Å². The van der Waals surface area contributed by atoms with E-state index < -0.39 is 0 Å². The second-order valence-corrected chi connectivity index (χ2v) is 6.59. The van der Waals surface area contributed by atoms with Crippen LogP contribution in [0.3, 0.4) is 0 Å². The summed E-state index contributed by atoms with van der Waals surface area (Å²) < 4.78 is 0.947. The number of amides is 1. The first-order chi connectivity index (χ1) is 7.41. The number of hydrogen-bond acceptors (Lipinski definition) is 2. The standard InChI is InChI=1S/C10H12BrCl2NOS/c1-3-10(2,5-11)14-9(15)6-4-7(12)16-8(6)13/h4H,3,5H2,1-2H3,(H,14,15). The van der Waals surface area contributed by atoms with Crippen molar-refractivity contribution in [1.82, 2.24) is 5.32 Å². The van der Waals surface area contributed by atoms with Crippen molar-refractivity contribution in [1.29, 1.82) is 0 Å². The van der Waals surface area contributed by atoms with Crippen molar-refractivity contribution in [2.75, 3.05) is 5.33 Å². The van der Waals surface area contributed by atoms with Crippen molar-refractivity contribution < 1.29 is 4.79 Å². The molecular formula is C10H12BrCl2NOS. The Morgan fingerprint density at radius 2 is 2.25 bits per heavy atom. The molecule has 0 saturated carbocycles. The van der Waals surface area contributed by atoms with Gasteiger partial charge in [-0.2, -0.15) is 0 Å². The van der Waals surface area contributed by atoms with Gasteiger partial charge in [-0.05, 0) is 19.4 Å². The molecule has 90 valence electrons. The van der Waals surface area contributed by atoms with Crippen LogP contribution in [0.4, 0.5) is 0 Å². The van der Waals surface area contributed by atoms with Crippen LogP contribution >= 0.6 is 50.5 Å². The van der Waals surface area contributed by atoms with Gasteiger partial charge >= 0.3 is 0 Å². The largest absolute Gasteiger partial charge is 0.346 e. The molecule has 1 aromatic heterocycles. The Kier molecular flexibility index (Phi) is 5.10. The quantitative estimate of drug-likeness (QED) is 0.808. The second kappa shape index (κ2) is 5.71. The molecular weight excluding hydrogens is 333 g/mol. The van der Waals surface area contributed by atoms with E-state index in [0.29, 0.717) is 19.6 Å². The van der Waals surface area contributed by atoms with Gasteiger partial charge in [-0.1, -0.05) is 46.1 Å². The van der Waals surface area contributed by atoms with E-state index in [1.54, 1.807) is 6.07 Å². The van der Waals surface area contributed by atoms with Crippen LogP contribution < -0.4 is 5.32 Å². The van der Waals surface area contributed by atoms with Gasteiger partial charge in [-0.15, -0.1) is 11.3 Å². The van der Waals surface area contributed by atoms with Gasteiger partial charge in [0.15, 0.2) is 0 Å². The van der Waals surface area contributed by atoms with Crippen molar-refractivity contribution >= 4 is 56.4 Å². The van der Waals surface area contributed by atoms with E-state index in [4.69, 9.17) is 23.2 Å². The SMILES string of the molecule is CCC(C)(CBr)NC(=O)c1cc(Cl)sc1Cl. The lowest BCUT2D eigenvalue weighted by atomic mass is 10.0. The van der Waals surface area contributed by atoms with E-state index in [1.807, 2.05) is 13.8 Å². The summed E-state index contributed by atoms with van der Waals surface area (Å²) in [6.07, 6.45) is 0.833. The topological polar surface area (TPSA) is 29.1 Å². The highest BCUT2D eigenvalue weighted by atomic mass is 79.9. The molecule has 0 bridgehead atoms. The van der Waals surface area contributed by atoms with Crippen molar-refractivity contribution in [2.24, 2.45) is 0 Å². The predicted octanol–water partition coefficient (Wildman–Crippen LogP) is 4.35. The molecule has 1 N–H and O–H groups in total. The normalized spacial score (nSPS) is 14.6. The molecule has 1 atom stereocenters. The average Bonchev–Trinajstić information content (AvgIpc) is 2.57. The fourth-order valence-electron chi connectivity index (χ4n) is 1.05. The molecule has 0 aromatic carbocycles. The average molecular weight is 345 g/mol. The Balaban J connectivity index is 2.84. The minimum Gasteiger partial charge on any atom is -0.346 e. The van der Waals surface area contributed by atoms with Crippen LogP contribution in [0.2, 0.25) is 8.67 Å². The zero-order valence-electron chi connectivity index (χ0n) is 8.94. The smallest absolute Gasteiger partial charge is 0.254 e. The van der Waals surface area contributed by atoms with Gasteiger partial charge < -0.3 is 5.32 Å². The summed E-state index contributed by atoms with van der Waals surface area (Å²) in [5.41, 5.74) is 0.173. The van der Waals surface area contributed by atoms with E-state index in [0.717, 1.165) is 6.42 Å². The lowest BCUT2D eigenvalue weighted by Crippen LogP contribution is -2.46. The summed E-state index contributed by atoms with van der Waals surface area (Å²) in [7, 11) is 0. The van der Waals surface area contributed by atoms with Crippen molar-refractivity contribution in [3.63, 3.8) is 0 Å². The number of carbonyl (C=O) groups excluding carboxylic acids is 1. The third-order valence-electron chi connectivity index (χ3n) is 2.39. The molecule has 1 heterocycles. The number of thiophene rings is 1. The van der Waals surface area contributed by atoms with E-state index in [9.17, 15) is 4.79 Å². The molecule has 1 amide bonds. The third-order valence-corrected chi connectivity index (χ3v) is 5.12. The van der Waals surface area contributed by atoms with E-state index >= 15 is 0 Å². The Bertz CT molecular complexity index is 390. The molecule has 6 heteroatoms. The Labute approximate surface area is 117 Å². The molecule has 0 aliphatic heterocycles. The van der Waals surface area contributed by atoms with Gasteiger partial charge in [0.1, 0.15) is 4.34 Å². The van der Waals surface area contributed by atoms with Crippen LogP contribution in [0.5, 0.6) is 0 Å². The maximum atomic E-state index is 11.9. The fraction of sp³-hybridized carbons (Fsp3) is 0.500. The molecule has 0 aliphatic rings. The Morgan fingerprint density at radius 3 is 2.62 bits per heavy atom. The van der Waals surface area contributed by atoms with Gasteiger partial charge in [-0.3, -0.25) is 4.79 Å². The van der Waals surface area contributed by atoms with Crippen molar-refractivity contribution in [3.05, 3.63) is 20.3 Å². The van der Waals surface area contributed by atoms with Gasteiger partial charge in [0.05, 0.1) is 9.90 Å². The predicted molar refractivity (Wildman–Crippen MR) is 74.3 cm³/mol. The molecule has 0 radical (unpaired) electrons. The number of nitrogens with one attached hydrogen (secondary N) is 1. The summed E-state index contributed by atoms with van der Waals surface area (Å²) in [5, 5.41) is 3.63. The van der Waals surface area contributed by atoms with Gasteiger partial charge in [-0.25, -0.2) is 0 Å². The third kappa shape index (κ3) is 3.36. The number of carbonyl (C=O) groups is 1. The summed E-state index contributed by atoms with van der Waals surface area (Å²) in [6, 6.07) is 1.59. The molecule has 1 rings (SSSR count). The molecule has 0 aliphatic carbocycles. The molecule has 1 aromatic rings. The number of alkyl halides is 1. The summed E-state index contributed by atoms with van der Waals surface area (Å²) in [6.45, 7) is 3.99. The minimum atomic E-state index is -0.269. The van der Waals surface area contributed by atoms with Crippen LogP contribution in [0, 0.1) is 0 Å².